The fraction of sp³-hybridized carbons (Fsp3) is 0.444. The second kappa shape index (κ2) is 6.02. The third-order valence-electron chi connectivity index (χ3n) is 5.44. The van der Waals surface area contributed by atoms with Gasteiger partial charge >= 0.3 is 6.03 Å². The number of halogens is 1. The maximum Gasteiger partial charge on any atom is 0.342 e. The first-order chi connectivity index (χ1) is 11.6. The lowest BCUT2D eigenvalue weighted by molar-refractivity contribution is 0.0266. The van der Waals surface area contributed by atoms with E-state index in [2.05, 4.69) is 22.2 Å². The van der Waals surface area contributed by atoms with E-state index in [0.717, 1.165) is 37.1 Å². The Balaban J connectivity index is 1.48. The highest BCUT2D eigenvalue weighted by molar-refractivity contribution is 5.78. The number of hydrogen-bond donors (Lipinski definition) is 1. The molecule has 3 aliphatic heterocycles. The molecule has 0 unspecified atom stereocenters. The summed E-state index contributed by atoms with van der Waals surface area (Å²) in [6.07, 6.45) is 5.62. The van der Waals surface area contributed by atoms with E-state index in [4.69, 9.17) is 0 Å². The highest BCUT2D eigenvalue weighted by Gasteiger charge is 2.40. The molecule has 2 aromatic rings. The van der Waals surface area contributed by atoms with Crippen molar-refractivity contribution in [3.8, 4) is 11.1 Å². The van der Waals surface area contributed by atoms with Crippen molar-refractivity contribution in [3.05, 3.63) is 42.5 Å². The topological polar surface area (TPSA) is 50.2 Å². The zero-order chi connectivity index (χ0) is 16.7. The van der Waals surface area contributed by atoms with Gasteiger partial charge in [0.05, 0.1) is 6.20 Å². The molecule has 3 fully saturated rings. The summed E-state index contributed by atoms with van der Waals surface area (Å²) < 4.78 is 14.4. The maximum atomic E-state index is 13.0. The first-order valence-electron chi connectivity index (χ1n) is 8.47. The van der Waals surface area contributed by atoms with Crippen molar-refractivity contribution in [3.63, 3.8) is 0 Å². The van der Waals surface area contributed by atoms with Crippen LogP contribution in [0.5, 0.6) is 0 Å². The monoisotopic (exact) mass is 328 g/mol. The van der Waals surface area contributed by atoms with Crippen LogP contribution in [0.25, 0.3) is 11.1 Å². The van der Waals surface area contributed by atoms with Crippen molar-refractivity contribution >= 4 is 6.03 Å². The van der Waals surface area contributed by atoms with E-state index >= 15 is 0 Å². The lowest BCUT2D eigenvalue weighted by atomic mass is 9.79. The van der Waals surface area contributed by atoms with Gasteiger partial charge in [-0.25, -0.2) is 9.18 Å². The Labute approximate surface area is 140 Å². The normalized spacial score (nSPS) is 28.8. The molecule has 3 aliphatic rings. The third-order valence-corrected chi connectivity index (χ3v) is 5.44. The number of carbonyl (C=O) groups is 1. The molecule has 1 aromatic heterocycles. The van der Waals surface area contributed by atoms with Crippen LogP contribution in [0, 0.1) is 11.7 Å². The van der Waals surface area contributed by atoms with E-state index in [-0.39, 0.29) is 17.9 Å². The van der Waals surface area contributed by atoms with Crippen LogP contribution in [0.15, 0.2) is 36.7 Å². The molecule has 24 heavy (non-hydrogen) atoms. The van der Waals surface area contributed by atoms with E-state index in [1.165, 1.54) is 16.8 Å². The van der Waals surface area contributed by atoms with Crippen molar-refractivity contribution in [2.45, 2.75) is 31.8 Å². The summed E-state index contributed by atoms with van der Waals surface area (Å²) in [5, 5.41) is 7.31. The molecule has 0 radical (unpaired) electrons. The zero-order valence-electron chi connectivity index (χ0n) is 13.7. The molecule has 2 bridgehead atoms. The van der Waals surface area contributed by atoms with Crippen molar-refractivity contribution in [1.82, 2.24) is 20.0 Å². The molecule has 0 saturated carbocycles. The summed E-state index contributed by atoms with van der Waals surface area (Å²) in [5.74, 6) is 0.279. The molecule has 1 aromatic carbocycles. The van der Waals surface area contributed by atoms with Gasteiger partial charge in [-0.3, -0.25) is 4.90 Å². The smallest absolute Gasteiger partial charge is 0.332 e. The van der Waals surface area contributed by atoms with Gasteiger partial charge in [0, 0.05) is 23.8 Å². The fourth-order valence-electron chi connectivity index (χ4n) is 3.98. The summed E-state index contributed by atoms with van der Waals surface area (Å²) in [6, 6.07) is 6.53. The first-order valence-corrected chi connectivity index (χ1v) is 8.47. The van der Waals surface area contributed by atoms with Crippen LogP contribution >= 0.6 is 0 Å². The van der Waals surface area contributed by atoms with E-state index in [9.17, 15) is 9.18 Å². The van der Waals surface area contributed by atoms with Crippen LogP contribution in [0.2, 0.25) is 0 Å². The summed E-state index contributed by atoms with van der Waals surface area (Å²) in [7, 11) is 0. The number of nitrogens with zero attached hydrogens (tertiary/aromatic N) is 3. The van der Waals surface area contributed by atoms with Gasteiger partial charge in [0.15, 0.2) is 0 Å². The third kappa shape index (κ3) is 2.71. The Morgan fingerprint density at radius 2 is 1.92 bits per heavy atom. The Hall–Kier alpha value is -2.21. The van der Waals surface area contributed by atoms with E-state index < -0.39 is 0 Å². The largest absolute Gasteiger partial charge is 0.342 e. The quantitative estimate of drug-likeness (QED) is 0.922. The number of hydrogen-bond acceptors (Lipinski definition) is 3. The highest BCUT2D eigenvalue weighted by Crippen LogP contribution is 2.32. The predicted octanol–water partition coefficient (Wildman–Crippen LogP) is 2.73. The molecule has 6 heteroatoms. The average Bonchev–Trinajstić information content (AvgIpc) is 3.09. The van der Waals surface area contributed by atoms with E-state index in [1.807, 2.05) is 0 Å². The average molecular weight is 328 g/mol. The summed E-state index contributed by atoms with van der Waals surface area (Å²) in [6.45, 7) is 4.45. The highest BCUT2D eigenvalue weighted by atomic mass is 19.1. The summed E-state index contributed by atoms with van der Waals surface area (Å²) in [5.41, 5.74) is 1.64. The minimum absolute atomic E-state index is 0.179. The number of aromatic nitrogens is 2. The lowest BCUT2D eigenvalue weighted by Crippen LogP contribution is -2.62. The lowest BCUT2D eigenvalue weighted by Gasteiger charge is -2.49. The van der Waals surface area contributed by atoms with Gasteiger partial charge in [0.1, 0.15) is 5.82 Å². The molecule has 5 rings (SSSR count). The molecule has 5 nitrogen and oxygen atoms in total. The molecular formula is C18H21FN4O. The van der Waals surface area contributed by atoms with Crippen LogP contribution < -0.4 is 5.32 Å². The molecule has 3 saturated heterocycles. The number of benzene rings is 1. The summed E-state index contributed by atoms with van der Waals surface area (Å²) in [4.78, 5) is 15.0. The number of carbonyl (C=O) groups excluding carboxylic acids is 1. The summed E-state index contributed by atoms with van der Waals surface area (Å²) >= 11 is 0. The van der Waals surface area contributed by atoms with Gasteiger partial charge < -0.3 is 5.32 Å². The Bertz CT molecular complexity index is 732. The number of fused-ring (bicyclic) bond motifs is 3. The predicted molar refractivity (Wildman–Crippen MR) is 89.1 cm³/mol. The van der Waals surface area contributed by atoms with Gasteiger partial charge in [-0.2, -0.15) is 9.78 Å². The molecule has 1 amide bonds. The van der Waals surface area contributed by atoms with Crippen LogP contribution in [-0.2, 0) is 0 Å². The number of nitrogens with one attached hydrogen (secondary N) is 1. The second-order valence-electron chi connectivity index (χ2n) is 6.77. The zero-order valence-corrected chi connectivity index (χ0v) is 13.7. The van der Waals surface area contributed by atoms with Gasteiger partial charge in [-0.05, 0) is 56.5 Å². The maximum absolute atomic E-state index is 13.0. The second-order valence-corrected chi connectivity index (χ2v) is 6.77. The molecule has 4 heterocycles. The van der Waals surface area contributed by atoms with Gasteiger partial charge in [-0.1, -0.05) is 12.1 Å². The number of rotatable bonds is 2. The van der Waals surface area contributed by atoms with Gasteiger partial charge in [0.2, 0.25) is 0 Å². The number of amides is 1. The standard InChI is InChI=1S/C18H21FN4O/c1-12-17(14-6-8-22(12)9-7-14)21-18(24)23-11-15(10-20-23)13-2-4-16(19)5-3-13/h2-5,10-12,14,17H,6-9H2,1H3,(H,21,24)/t12-,17-/m0/s1. The Kier molecular flexibility index (Phi) is 3.84. The van der Waals surface area contributed by atoms with Crippen LogP contribution in [0.4, 0.5) is 9.18 Å². The van der Waals surface area contributed by atoms with Crippen molar-refractivity contribution in [1.29, 1.82) is 0 Å². The van der Waals surface area contributed by atoms with Gasteiger partial charge in [-0.15, -0.1) is 0 Å². The Morgan fingerprint density at radius 3 is 2.58 bits per heavy atom. The van der Waals surface area contributed by atoms with Crippen LogP contribution in [0.3, 0.4) is 0 Å². The van der Waals surface area contributed by atoms with Crippen molar-refractivity contribution in [2.24, 2.45) is 5.92 Å². The molecule has 0 spiro atoms. The molecule has 2 atom stereocenters. The van der Waals surface area contributed by atoms with Crippen molar-refractivity contribution in [2.75, 3.05) is 13.1 Å². The molecule has 0 aliphatic carbocycles. The minimum atomic E-state index is -0.278. The fourth-order valence-corrected chi connectivity index (χ4v) is 3.98. The molecule has 126 valence electrons. The first kappa shape index (κ1) is 15.3. The van der Waals surface area contributed by atoms with Crippen LogP contribution in [0.1, 0.15) is 19.8 Å². The SMILES string of the molecule is C[C@H]1[C@H](NC(=O)n2cc(-c3ccc(F)cc3)cn2)C2CCN1CC2. The number of piperidine rings is 3. The minimum Gasteiger partial charge on any atom is -0.332 e. The molecular weight excluding hydrogens is 307 g/mol. The van der Waals surface area contributed by atoms with E-state index in [0.29, 0.717) is 12.0 Å². The van der Waals surface area contributed by atoms with Crippen LogP contribution in [-0.4, -0.2) is 45.9 Å². The molecule has 1 N–H and O–H groups in total. The van der Waals surface area contributed by atoms with Crippen molar-refractivity contribution < 1.29 is 9.18 Å². The van der Waals surface area contributed by atoms with Gasteiger partial charge in [0.25, 0.3) is 0 Å². The Morgan fingerprint density at radius 1 is 1.21 bits per heavy atom. The van der Waals surface area contributed by atoms with E-state index in [1.54, 1.807) is 24.5 Å².